The van der Waals surface area contributed by atoms with Gasteiger partial charge in [-0.3, -0.25) is 14.4 Å². The van der Waals surface area contributed by atoms with Gasteiger partial charge in [0.25, 0.3) is 5.91 Å². The molecule has 0 saturated carbocycles. The quantitative estimate of drug-likeness (QED) is 0.424. The SMILES string of the molecule is CN1N=C2CCN(C(=O)C(COc3ccccc3Cl)NC(=O)C(C)(C)NC(=O)O)CC2(Cc2ccccc2)C1=O. The lowest BCUT2D eigenvalue weighted by Crippen LogP contribution is -2.63. The molecule has 0 bridgehead atoms. The normalized spacial score (nSPS) is 19.4. The molecule has 2 unspecified atom stereocenters. The highest BCUT2D eigenvalue weighted by atomic mass is 35.5. The molecule has 4 rings (SSSR count). The Kier molecular flexibility index (Phi) is 8.34. The summed E-state index contributed by atoms with van der Waals surface area (Å²) in [6.45, 7) is 2.85. The summed E-state index contributed by atoms with van der Waals surface area (Å²) < 4.78 is 5.82. The summed E-state index contributed by atoms with van der Waals surface area (Å²) in [5.74, 6) is -1.07. The van der Waals surface area contributed by atoms with Crippen molar-refractivity contribution in [2.24, 2.45) is 10.5 Å². The first-order valence-corrected chi connectivity index (χ1v) is 13.2. The van der Waals surface area contributed by atoms with Crippen molar-refractivity contribution in [2.75, 3.05) is 26.7 Å². The van der Waals surface area contributed by atoms with Crippen molar-refractivity contribution >= 4 is 41.1 Å². The monoisotopic (exact) mass is 569 g/mol. The predicted molar refractivity (Wildman–Crippen MR) is 148 cm³/mol. The molecule has 0 aliphatic carbocycles. The number of nitrogens with zero attached hydrogens (tertiary/aromatic N) is 3. The van der Waals surface area contributed by atoms with Crippen molar-refractivity contribution in [2.45, 2.75) is 38.3 Å². The van der Waals surface area contributed by atoms with Crippen LogP contribution in [0.4, 0.5) is 4.79 Å². The molecule has 11 nitrogen and oxygen atoms in total. The van der Waals surface area contributed by atoms with Crippen molar-refractivity contribution in [1.82, 2.24) is 20.5 Å². The Labute approximate surface area is 237 Å². The largest absolute Gasteiger partial charge is 0.489 e. The van der Waals surface area contributed by atoms with E-state index in [4.69, 9.17) is 21.4 Å². The van der Waals surface area contributed by atoms with Gasteiger partial charge in [-0.25, -0.2) is 9.80 Å². The van der Waals surface area contributed by atoms with Gasteiger partial charge in [0.2, 0.25) is 11.8 Å². The summed E-state index contributed by atoms with van der Waals surface area (Å²) in [6, 6.07) is 15.0. The van der Waals surface area contributed by atoms with Crippen LogP contribution >= 0.6 is 11.6 Å². The number of hydrogen-bond donors (Lipinski definition) is 3. The Hall–Kier alpha value is -4.12. The molecule has 2 heterocycles. The highest BCUT2D eigenvalue weighted by Gasteiger charge is 2.54. The summed E-state index contributed by atoms with van der Waals surface area (Å²) in [5.41, 5.74) is -0.921. The smallest absolute Gasteiger partial charge is 0.405 e. The molecule has 212 valence electrons. The maximum atomic E-state index is 14.0. The zero-order valence-electron chi connectivity index (χ0n) is 22.5. The van der Waals surface area contributed by atoms with Crippen LogP contribution in [0.1, 0.15) is 25.8 Å². The minimum atomic E-state index is -1.53. The number of hydrogen-bond acceptors (Lipinski definition) is 6. The molecule has 2 aliphatic rings. The van der Waals surface area contributed by atoms with E-state index in [1.807, 2.05) is 30.3 Å². The van der Waals surface area contributed by atoms with E-state index in [9.17, 15) is 19.2 Å². The van der Waals surface area contributed by atoms with Crippen molar-refractivity contribution < 1.29 is 29.0 Å². The number of para-hydroxylation sites is 1. The number of benzene rings is 2. The Morgan fingerprint density at radius 1 is 1.15 bits per heavy atom. The Morgan fingerprint density at radius 2 is 1.82 bits per heavy atom. The first kappa shape index (κ1) is 28.9. The number of piperidine rings is 1. The van der Waals surface area contributed by atoms with Crippen molar-refractivity contribution in [3.05, 3.63) is 65.2 Å². The van der Waals surface area contributed by atoms with Gasteiger partial charge < -0.3 is 25.4 Å². The lowest BCUT2D eigenvalue weighted by molar-refractivity contribution is -0.143. The molecule has 4 amide bonds. The number of nitrogens with one attached hydrogen (secondary N) is 2. The number of hydrazone groups is 1. The molecule has 2 atom stereocenters. The lowest BCUT2D eigenvalue weighted by Gasteiger charge is -2.40. The van der Waals surface area contributed by atoms with Crippen molar-refractivity contribution in [1.29, 1.82) is 0 Å². The van der Waals surface area contributed by atoms with Gasteiger partial charge in [-0.2, -0.15) is 5.10 Å². The fourth-order valence-electron chi connectivity index (χ4n) is 5.01. The van der Waals surface area contributed by atoms with Gasteiger partial charge in [0.1, 0.15) is 29.4 Å². The topological polar surface area (TPSA) is 141 Å². The number of ether oxygens (including phenoxy) is 1. The average Bonchev–Trinajstić information content (AvgIpc) is 3.15. The molecular weight excluding hydrogens is 538 g/mol. The van der Waals surface area contributed by atoms with Gasteiger partial charge in [0.05, 0.1) is 10.7 Å². The van der Waals surface area contributed by atoms with Crippen LogP contribution < -0.4 is 15.4 Å². The van der Waals surface area contributed by atoms with Gasteiger partial charge in [-0.05, 0) is 38.0 Å². The van der Waals surface area contributed by atoms with Crippen LogP contribution in [0.15, 0.2) is 59.7 Å². The van der Waals surface area contributed by atoms with Gasteiger partial charge in [0.15, 0.2) is 0 Å². The zero-order chi connectivity index (χ0) is 29.1. The van der Waals surface area contributed by atoms with E-state index in [1.54, 1.807) is 31.3 Å². The molecule has 40 heavy (non-hydrogen) atoms. The third-order valence-corrected chi connectivity index (χ3v) is 7.41. The van der Waals surface area contributed by atoms with E-state index in [1.165, 1.54) is 23.8 Å². The van der Waals surface area contributed by atoms with Crippen LogP contribution in [0.2, 0.25) is 5.02 Å². The standard InChI is InChI=1S/C28H32ClN5O6/c1-27(2,31-26(38)39)24(36)30-20(16-40-21-12-8-7-11-19(21)29)23(35)34-14-13-22-28(17-34,25(37)33(3)32-22)15-18-9-5-4-6-10-18/h4-12,20,31H,13-17H2,1-3H3,(H,30,36)(H,38,39). The summed E-state index contributed by atoms with van der Waals surface area (Å²) in [6.07, 6.45) is -0.639. The Balaban J connectivity index is 1.60. The summed E-state index contributed by atoms with van der Waals surface area (Å²) in [7, 11) is 1.60. The molecule has 1 saturated heterocycles. The minimum Gasteiger partial charge on any atom is -0.489 e. The molecule has 2 aromatic rings. The van der Waals surface area contributed by atoms with Crippen LogP contribution in [-0.2, 0) is 20.8 Å². The van der Waals surface area contributed by atoms with Crippen LogP contribution in [-0.4, -0.2) is 82.9 Å². The summed E-state index contributed by atoms with van der Waals surface area (Å²) in [4.78, 5) is 53.3. The predicted octanol–water partition coefficient (Wildman–Crippen LogP) is 2.54. The maximum absolute atomic E-state index is 14.0. The first-order chi connectivity index (χ1) is 18.9. The van der Waals surface area contributed by atoms with Gasteiger partial charge >= 0.3 is 6.09 Å². The number of fused-ring (bicyclic) bond motifs is 1. The Bertz CT molecular complexity index is 1330. The number of amides is 4. The molecule has 2 aromatic carbocycles. The second-order valence-corrected chi connectivity index (χ2v) is 10.9. The summed E-state index contributed by atoms with van der Waals surface area (Å²) in [5, 5.41) is 20.1. The van der Waals surface area contributed by atoms with Gasteiger partial charge in [0, 0.05) is 26.6 Å². The molecule has 0 aromatic heterocycles. The second kappa shape index (κ2) is 11.5. The van der Waals surface area contributed by atoms with Crippen molar-refractivity contribution in [3.63, 3.8) is 0 Å². The van der Waals surface area contributed by atoms with E-state index in [2.05, 4.69) is 15.7 Å². The van der Waals surface area contributed by atoms with Crippen LogP contribution in [0.3, 0.4) is 0 Å². The molecule has 12 heteroatoms. The first-order valence-electron chi connectivity index (χ1n) is 12.8. The number of halogens is 1. The lowest BCUT2D eigenvalue weighted by atomic mass is 9.73. The van der Waals surface area contributed by atoms with Crippen LogP contribution in [0, 0.1) is 5.41 Å². The molecule has 0 radical (unpaired) electrons. The highest BCUT2D eigenvalue weighted by Crippen LogP contribution is 2.38. The zero-order valence-corrected chi connectivity index (χ0v) is 23.3. The van der Waals surface area contributed by atoms with E-state index >= 15 is 0 Å². The molecule has 2 aliphatic heterocycles. The number of rotatable bonds is 9. The maximum Gasteiger partial charge on any atom is 0.405 e. The van der Waals surface area contributed by atoms with E-state index < -0.39 is 34.9 Å². The molecule has 0 spiro atoms. The van der Waals surface area contributed by atoms with Crippen LogP contribution in [0.5, 0.6) is 5.75 Å². The third kappa shape index (κ3) is 6.04. The highest BCUT2D eigenvalue weighted by molar-refractivity contribution is 6.32. The van der Waals surface area contributed by atoms with Crippen LogP contribution in [0.25, 0.3) is 0 Å². The van der Waals surface area contributed by atoms with E-state index in [0.29, 0.717) is 29.3 Å². The summed E-state index contributed by atoms with van der Waals surface area (Å²) >= 11 is 6.22. The van der Waals surface area contributed by atoms with Crippen molar-refractivity contribution in [3.8, 4) is 5.75 Å². The molecule has 3 N–H and O–H groups in total. The fraction of sp³-hybridized carbons (Fsp3) is 0.393. The number of carbonyl (C=O) groups excluding carboxylic acids is 3. The minimum absolute atomic E-state index is 0.0674. The average molecular weight is 570 g/mol. The van der Waals surface area contributed by atoms with Gasteiger partial charge in [-0.15, -0.1) is 0 Å². The molecule has 1 fully saturated rings. The Morgan fingerprint density at radius 3 is 2.50 bits per heavy atom. The number of likely N-dealkylation sites (tertiary alicyclic amines) is 1. The second-order valence-electron chi connectivity index (χ2n) is 10.5. The van der Waals surface area contributed by atoms with E-state index in [0.717, 1.165) is 5.56 Å². The fourth-order valence-corrected chi connectivity index (χ4v) is 5.20. The third-order valence-electron chi connectivity index (χ3n) is 7.10. The number of carboxylic acid groups (broad SMARTS) is 1. The molecular formula is C28H32ClN5O6. The van der Waals surface area contributed by atoms with E-state index in [-0.39, 0.29) is 25.6 Å². The van der Waals surface area contributed by atoms with Gasteiger partial charge in [-0.1, -0.05) is 54.1 Å². The number of carbonyl (C=O) groups is 4.